The van der Waals surface area contributed by atoms with E-state index in [4.69, 9.17) is 14.2 Å². The van der Waals surface area contributed by atoms with Crippen LogP contribution in [-0.4, -0.2) is 37.2 Å². The summed E-state index contributed by atoms with van der Waals surface area (Å²) in [5.74, 6) is -0.987. The van der Waals surface area contributed by atoms with Crippen molar-refractivity contribution in [1.82, 2.24) is 0 Å². The zero-order chi connectivity index (χ0) is 43.0. The molecule has 0 aromatic carbocycles. The summed E-state index contributed by atoms with van der Waals surface area (Å²) >= 11 is 0. The van der Waals surface area contributed by atoms with Gasteiger partial charge in [0, 0.05) is 19.3 Å². The number of carbonyl (C=O) groups is 3. The molecule has 0 radical (unpaired) electrons. The summed E-state index contributed by atoms with van der Waals surface area (Å²) in [6.07, 6.45) is 62.1. The number of allylic oxidation sites excluding steroid dienone is 18. The average molecular weight is 817 g/mol. The van der Waals surface area contributed by atoms with Crippen molar-refractivity contribution in [3.8, 4) is 0 Å². The molecule has 0 spiro atoms. The molecule has 1 unspecified atom stereocenters. The Morgan fingerprint density at radius 3 is 1.27 bits per heavy atom. The predicted molar refractivity (Wildman–Crippen MR) is 251 cm³/mol. The van der Waals surface area contributed by atoms with Crippen LogP contribution in [0, 0.1) is 0 Å². The van der Waals surface area contributed by atoms with Gasteiger partial charge in [0.2, 0.25) is 0 Å². The summed E-state index contributed by atoms with van der Waals surface area (Å²) < 4.78 is 16.7. The van der Waals surface area contributed by atoms with Crippen LogP contribution in [0.5, 0.6) is 0 Å². The summed E-state index contributed by atoms with van der Waals surface area (Å²) in [5, 5.41) is 0. The summed E-state index contributed by atoms with van der Waals surface area (Å²) in [6, 6.07) is 0. The Labute approximate surface area is 361 Å². The van der Waals surface area contributed by atoms with Crippen LogP contribution >= 0.6 is 0 Å². The largest absolute Gasteiger partial charge is 0.462 e. The summed E-state index contributed by atoms with van der Waals surface area (Å²) in [6.45, 7) is 6.25. The van der Waals surface area contributed by atoms with Crippen LogP contribution in [0.1, 0.15) is 188 Å². The topological polar surface area (TPSA) is 78.9 Å². The van der Waals surface area contributed by atoms with E-state index in [1.165, 1.54) is 25.7 Å². The van der Waals surface area contributed by atoms with Gasteiger partial charge in [-0.25, -0.2) is 0 Å². The molecule has 0 saturated heterocycles. The lowest BCUT2D eigenvalue weighted by atomic mass is 10.1. The van der Waals surface area contributed by atoms with E-state index in [-0.39, 0.29) is 37.5 Å². The molecule has 0 saturated carbocycles. The number of carbonyl (C=O) groups excluding carboxylic acids is 3. The molecule has 6 nitrogen and oxygen atoms in total. The Morgan fingerprint density at radius 2 is 0.746 bits per heavy atom. The fraction of sp³-hybridized carbons (Fsp3) is 0.604. The number of esters is 3. The van der Waals surface area contributed by atoms with Crippen molar-refractivity contribution in [2.45, 2.75) is 194 Å². The van der Waals surface area contributed by atoms with Crippen LogP contribution < -0.4 is 0 Å². The number of rotatable bonds is 40. The second kappa shape index (κ2) is 46.8. The van der Waals surface area contributed by atoms with Gasteiger partial charge < -0.3 is 14.2 Å². The first kappa shape index (κ1) is 55.1. The van der Waals surface area contributed by atoms with Gasteiger partial charge in [-0.2, -0.15) is 0 Å². The Hall–Kier alpha value is -3.93. The van der Waals surface area contributed by atoms with Gasteiger partial charge in [-0.3, -0.25) is 14.4 Å². The quantitative estimate of drug-likeness (QED) is 0.0201. The minimum Gasteiger partial charge on any atom is -0.462 e. The first-order chi connectivity index (χ1) is 29.0. The highest BCUT2D eigenvalue weighted by Gasteiger charge is 2.19. The van der Waals surface area contributed by atoms with Gasteiger partial charge >= 0.3 is 17.9 Å². The van der Waals surface area contributed by atoms with Gasteiger partial charge in [0.1, 0.15) is 13.2 Å². The van der Waals surface area contributed by atoms with Crippen LogP contribution in [0.2, 0.25) is 0 Å². The highest BCUT2D eigenvalue weighted by Crippen LogP contribution is 2.12. The van der Waals surface area contributed by atoms with Gasteiger partial charge in [0.05, 0.1) is 0 Å². The molecule has 0 bridgehead atoms. The lowest BCUT2D eigenvalue weighted by molar-refractivity contribution is -0.167. The number of ether oxygens (including phenoxy) is 3. The zero-order valence-electron chi connectivity index (χ0n) is 37.7. The van der Waals surface area contributed by atoms with Crippen LogP contribution in [0.15, 0.2) is 109 Å². The van der Waals surface area contributed by atoms with E-state index < -0.39 is 6.10 Å². The molecule has 1 atom stereocenters. The van der Waals surface area contributed by atoms with Crippen molar-refractivity contribution in [1.29, 1.82) is 0 Å². The Bertz CT molecular complexity index is 1260. The van der Waals surface area contributed by atoms with Crippen molar-refractivity contribution in [2.24, 2.45) is 0 Å². The molecule has 0 aromatic heterocycles. The molecule has 0 aliphatic heterocycles. The highest BCUT2D eigenvalue weighted by molar-refractivity contribution is 5.71. The third-order valence-electron chi connectivity index (χ3n) is 9.37. The molecule has 0 fully saturated rings. The summed E-state index contributed by atoms with van der Waals surface area (Å²) in [4.78, 5) is 37.8. The number of hydrogen-bond donors (Lipinski definition) is 0. The Balaban J connectivity index is 4.50. The second-order valence-corrected chi connectivity index (χ2v) is 15.0. The van der Waals surface area contributed by atoms with Crippen molar-refractivity contribution >= 4 is 17.9 Å². The molecule has 0 heterocycles. The van der Waals surface area contributed by atoms with Gasteiger partial charge in [-0.1, -0.05) is 188 Å². The molecule has 59 heavy (non-hydrogen) atoms. The van der Waals surface area contributed by atoms with Crippen molar-refractivity contribution in [3.63, 3.8) is 0 Å². The van der Waals surface area contributed by atoms with Crippen LogP contribution in [-0.2, 0) is 28.6 Å². The summed E-state index contributed by atoms with van der Waals surface area (Å²) in [7, 11) is 0. The first-order valence-corrected chi connectivity index (χ1v) is 23.5. The molecular weight excluding hydrogens is 733 g/mol. The molecular formula is C53H84O6. The highest BCUT2D eigenvalue weighted by atomic mass is 16.6. The smallest absolute Gasteiger partial charge is 0.306 e. The lowest BCUT2D eigenvalue weighted by Crippen LogP contribution is -2.30. The van der Waals surface area contributed by atoms with Crippen molar-refractivity contribution < 1.29 is 28.6 Å². The van der Waals surface area contributed by atoms with Gasteiger partial charge in [-0.05, 0) is 89.9 Å². The van der Waals surface area contributed by atoms with Crippen LogP contribution in [0.4, 0.5) is 0 Å². The van der Waals surface area contributed by atoms with Gasteiger partial charge in [0.25, 0.3) is 0 Å². The maximum Gasteiger partial charge on any atom is 0.306 e. The fourth-order valence-corrected chi connectivity index (χ4v) is 5.87. The van der Waals surface area contributed by atoms with E-state index in [1.807, 2.05) is 48.6 Å². The van der Waals surface area contributed by atoms with Gasteiger partial charge in [-0.15, -0.1) is 0 Å². The third kappa shape index (κ3) is 45.0. The number of hydrogen-bond acceptors (Lipinski definition) is 6. The molecule has 0 amide bonds. The normalized spacial score (nSPS) is 13.1. The minimum atomic E-state index is -0.810. The van der Waals surface area contributed by atoms with E-state index in [0.29, 0.717) is 19.3 Å². The monoisotopic (exact) mass is 817 g/mol. The maximum atomic E-state index is 12.7. The molecule has 6 heteroatoms. The van der Waals surface area contributed by atoms with Crippen LogP contribution in [0.3, 0.4) is 0 Å². The molecule has 332 valence electrons. The van der Waals surface area contributed by atoms with E-state index in [9.17, 15) is 14.4 Å². The molecule has 0 N–H and O–H groups in total. The molecule has 0 aromatic rings. The number of unbranched alkanes of at least 4 members (excludes halogenated alkanes) is 15. The van der Waals surface area contributed by atoms with Gasteiger partial charge in [0.15, 0.2) is 6.10 Å². The molecule has 0 aliphatic rings. The Morgan fingerprint density at radius 1 is 0.373 bits per heavy atom. The van der Waals surface area contributed by atoms with Crippen LogP contribution in [0.25, 0.3) is 0 Å². The maximum absolute atomic E-state index is 12.7. The third-order valence-corrected chi connectivity index (χ3v) is 9.37. The summed E-state index contributed by atoms with van der Waals surface area (Å²) in [5.41, 5.74) is 0. The van der Waals surface area contributed by atoms with E-state index >= 15 is 0 Å². The average Bonchev–Trinajstić information content (AvgIpc) is 3.23. The van der Waals surface area contributed by atoms with Crippen molar-refractivity contribution in [2.75, 3.05) is 13.2 Å². The fourth-order valence-electron chi connectivity index (χ4n) is 5.87. The van der Waals surface area contributed by atoms with E-state index in [1.54, 1.807) is 0 Å². The predicted octanol–water partition coefficient (Wildman–Crippen LogP) is 15.2. The van der Waals surface area contributed by atoms with Crippen molar-refractivity contribution in [3.05, 3.63) is 109 Å². The zero-order valence-corrected chi connectivity index (χ0v) is 37.7. The molecule has 0 rings (SSSR count). The minimum absolute atomic E-state index is 0.108. The second-order valence-electron chi connectivity index (χ2n) is 15.0. The van der Waals surface area contributed by atoms with E-state index in [2.05, 4.69) is 81.5 Å². The first-order valence-electron chi connectivity index (χ1n) is 23.5. The molecule has 0 aliphatic carbocycles. The SMILES string of the molecule is CC\C=C/C=C\C=C/C=C\C=C/CCCCCC(=O)OC(COC(=O)CCCCCC/C=C\CCCC)COC(=O)CCCCCCCC/C=C\C/C=C\C/C=C\CC. The standard InChI is InChI=1S/C53H84O6/c1-4-7-10-13-16-19-22-24-26-28-29-31-34-37-40-43-46-52(55)58-49-50(48-57-51(54)45-42-39-36-33-21-18-15-12-9-6-3)59-53(56)47-44-41-38-35-32-30-27-25-23-20-17-14-11-8-5-2/h7-8,10-11,14-20,23-27,30,32,50H,4-6,9,12-13,21-22,28-29,31,33-49H2,1-3H3/b10-7-,11-8-,17-14-,18-15-,19-16-,23-20-,26-24-,27-25-,32-30-. The van der Waals surface area contributed by atoms with E-state index in [0.717, 1.165) is 116 Å². The lowest BCUT2D eigenvalue weighted by Gasteiger charge is -2.18. The Kier molecular flexibility index (Phi) is 43.6.